The Kier molecular flexibility index (Phi) is 8.97. The van der Waals surface area contributed by atoms with E-state index in [1.807, 2.05) is 31.2 Å². The van der Waals surface area contributed by atoms with Gasteiger partial charge >= 0.3 is 5.97 Å². The maximum Gasteiger partial charge on any atom is 0.337 e. The Labute approximate surface area is 207 Å². The molecule has 6 heteroatoms. The lowest BCUT2D eigenvalue weighted by atomic mass is 10.0. The van der Waals surface area contributed by atoms with Crippen molar-refractivity contribution < 1.29 is 19.1 Å². The molecule has 6 nitrogen and oxygen atoms in total. The predicted octanol–water partition coefficient (Wildman–Crippen LogP) is 5.22. The van der Waals surface area contributed by atoms with E-state index in [1.54, 1.807) is 19.2 Å². The molecule has 0 radical (unpaired) electrons. The molecule has 0 aliphatic heterocycles. The SMILES string of the molecule is CC#CCc1cn(Cc2ccc(C(=O)OC)cc2OC)c2cc(C(=O)NCC(CC)CC)ccc12. The Bertz CT molecular complexity index is 1260. The van der Waals surface area contributed by atoms with E-state index in [9.17, 15) is 9.59 Å². The minimum absolute atomic E-state index is 0.0681. The first kappa shape index (κ1) is 25.9. The van der Waals surface area contributed by atoms with Gasteiger partial charge in [0.25, 0.3) is 5.91 Å². The van der Waals surface area contributed by atoms with Crippen LogP contribution in [-0.4, -0.2) is 37.2 Å². The number of nitrogens with one attached hydrogen (secondary N) is 1. The van der Waals surface area contributed by atoms with Crippen LogP contribution in [0.4, 0.5) is 0 Å². The van der Waals surface area contributed by atoms with Crippen LogP contribution in [0.5, 0.6) is 5.75 Å². The number of ether oxygens (including phenoxy) is 2. The van der Waals surface area contributed by atoms with Crippen molar-refractivity contribution in [1.82, 2.24) is 9.88 Å². The van der Waals surface area contributed by atoms with Crippen molar-refractivity contribution in [3.8, 4) is 17.6 Å². The quantitative estimate of drug-likeness (QED) is 0.323. The molecule has 0 unspecified atom stereocenters. The van der Waals surface area contributed by atoms with Crippen LogP contribution < -0.4 is 10.1 Å². The fourth-order valence-electron chi connectivity index (χ4n) is 4.18. The van der Waals surface area contributed by atoms with Gasteiger partial charge in [0.05, 0.1) is 26.3 Å². The lowest BCUT2D eigenvalue weighted by Gasteiger charge is -2.14. The van der Waals surface area contributed by atoms with Crippen molar-refractivity contribution in [2.24, 2.45) is 5.92 Å². The largest absolute Gasteiger partial charge is 0.496 e. The van der Waals surface area contributed by atoms with Crippen LogP contribution in [0.2, 0.25) is 0 Å². The summed E-state index contributed by atoms with van der Waals surface area (Å²) >= 11 is 0. The number of rotatable bonds is 10. The minimum Gasteiger partial charge on any atom is -0.496 e. The molecule has 1 amide bonds. The van der Waals surface area contributed by atoms with Gasteiger partial charge in [0.1, 0.15) is 5.75 Å². The van der Waals surface area contributed by atoms with Gasteiger partial charge in [0.2, 0.25) is 0 Å². The minimum atomic E-state index is -0.411. The molecule has 0 fully saturated rings. The van der Waals surface area contributed by atoms with Gasteiger partial charge in [-0.15, -0.1) is 5.92 Å². The molecular formula is C29H34N2O4. The van der Waals surface area contributed by atoms with Crippen LogP contribution in [0.3, 0.4) is 0 Å². The van der Waals surface area contributed by atoms with Gasteiger partial charge in [-0.05, 0) is 42.7 Å². The lowest BCUT2D eigenvalue weighted by Crippen LogP contribution is -2.28. The van der Waals surface area contributed by atoms with Crippen LogP contribution >= 0.6 is 0 Å². The van der Waals surface area contributed by atoms with Gasteiger partial charge in [-0.1, -0.05) is 44.7 Å². The summed E-state index contributed by atoms with van der Waals surface area (Å²) in [7, 11) is 2.94. The number of nitrogens with zero attached hydrogens (tertiary/aromatic N) is 1. The number of esters is 1. The summed E-state index contributed by atoms with van der Waals surface area (Å²) < 4.78 is 12.5. The van der Waals surface area contributed by atoms with Gasteiger partial charge in [0.15, 0.2) is 0 Å². The first-order valence-electron chi connectivity index (χ1n) is 12.0. The number of amides is 1. The number of hydrogen-bond donors (Lipinski definition) is 1. The van der Waals surface area contributed by atoms with Gasteiger partial charge in [-0.25, -0.2) is 4.79 Å². The highest BCUT2D eigenvalue weighted by atomic mass is 16.5. The van der Waals surface area contributed by atoms with Crippen molar-refractivity contribution in [2.45, 2.75) is 46.6 Å². The summed E-state index contributed by atoms with van der Waals surface area (Å²) in [6, 6.07) is 11.1. The summed E-state index contributed by atoms with van der Waals surface area (Å²) in [4.78, 5) is 24.8. The second-order valence-corrected chi connectivity index (χ2v) is 8.53. The monoisotopic (exact) mass is 474 g/mol. The predicted molar refractivity (Wildman–Crippen MR) is 139 cm³/mol. The molecule has 1 N–H and O–H groups in total. The Balaban J connectivity index is 1.99. The summed E-state index contributed by atoms with van der Waals surface area (Å²) in [6.07, 6.45) is 4.78. The number of carbonyl (C=O) groups is 2. The van der Waals surface area contributed by atoms with Gasteiger partial charge in [0, 0.05) is 41.2 Å². The molecule has 3 rings (SSSR count). The molecule has 184 valence electrons. The zero-order valence-electron chi connectivity index (χ0n) is 21.2. The van der Waals surface area contributed by atoms with Crippen LogP contribution in [0.25, 0.3) is 10.9 Å². The highest BCUT2D eigenvalue weighted by Gasteiger charge is 2.16. The van der Waals surface area contributed by atoms with Gasteiger partial charge in [-0.2, -0.15) is 0 Å². The second kappa shape index (κ2) is 12.1. The standard InChI is InChI=1S/C29H34N2O4/c1-6-9-10-23-18-31(19-24-12-11-22(29(33)35-5)16-27(24)34-4)26-15-21(13-14-25(23)26)28(32)30-17-20(7-2)8-3/h11-16,18,20H,7-8,10,17,19H2,1-5H3,(H,30,32). The van der Waals surface area contributed by atoms with E-state index in [0.717, 1.165) is 34.9 Å². The molecule has 2 aromatic carbocycles. The van der Waals surface area contributed by atoms with Gasteiger partial charge in [-0.3, -0.25) is 4.79 Å². The normalized spacial score (nSPS) is 10.7. The average molecular weight is 475 g/mol. The zero-order valence-corrected chi connectivity index (χ0v) is 21.2. The molecule has 0 aliphatic carbocycles. The van der Waals surface area contributed by atoms with Crippen molar-refractivity contribution in [3.05, 3.63) is 64.8 Å². The maximum absolute atomic E-state index is 12.9. The molecule has 1 heterocycles. The number of carbonyl (C=O) groups excluding carboxylic acids is 2. The Hall–Kier alpha value is -3.72. The summed E-state index contributed by atoms with van der Waals surface area (Å²) in [5.41, 5.74) is 4.02. The summed E-state index contributed by atoms with van der Waals surface area (Å²) in [5, 5.41) is 4.15. The molecule has 0 saturated heterocycles. The molecule has 35 heavy (non-hydrogen) atoms. The van der Waals surface area contributed by atoms with Crippen LogP contribution in [0.15, 0.2) is 42.6 Å². The lowest BCUT2D eigenvalue weighted by molar-refractivity contribution is 0.0600. The first-order valence-corrected chi connectivity index (χ1v) is 12.0. The highest BCUT2D eigenvalue weighted by molar-refractivity contribution is 5.98. The number of hydrogen-bond acceptors (Lipinski definition) is 4. The first-order chi connectivity index (χ1) is 16.9. The zero-order chi connectivity index (χ0) is 25.4. The van der Waals surface area contributed by atoms with E-state index in [0.29, 0.717) is 42.3 Å². The van der Waals surface area contributed by atoms with E-state index < -0.39 is 5.97 Å². The Morgan fingerprint density at radius 1 is 1.03 bits per heavy atom. The third kappa shape index (κ3) is 6.05. The summed E-state index contributed by atoms with van der Waals surface area (Å²) in [5.74, 6) is 6.71. The number of fused-ring (bicyclic) bond motifs is 1. The Morgan fingerprint density at radius 2 is 1.77 bits per heavy atom. The van der Waals surface area contributed by atoms with E-state index in [2.05, 4.69) is 41.8 Å². The van der Waals surface area contributed by atoms with Crippen molar-refractivity contribution in [3.63, 3.8) is 0 Å². The number of benzene rings is 2. The third-order valence-corrected chi connectivity index (χ3v) is 6.44. The van der Waals surface area contributed by atoms with Gasteiger partial charge < -0.3 is 19.4 Å². The highest BCUT2D eigenvalue weighted by Crippen LogP contribution is 2.28. The smallest absolute Gasteiger partial charge is 0.337 e. The number of methoxy groups -OCH3 is 2. The molecule has 0 spiro atoms. The van der Waals surface area contributed by atoms with Crippen molar-refractivity contribution in [1.29, 1.82) is 0 Å². The molecular weight excluding hydrogens is 440 g/mol. The Morgan fingerprint density at radius 3 is 2.43 bits per heavy atom. The average Bonchev–Trinajstić information content (AvgIpc) is 3.23. The molecule has 0 aliphatic rings. The third-order valence-electron chi connectivity index (χ3n) is 6.44. The molecule has 0 atom stereocenters. The fraction of sp³-hybridized carbons (Fsp3) is 0.379. The van der Waals surface area contributed by atoms with Crippen molar-refractivity contribution >= 4 is 22.8 Å². The van der Waals surface area contributed by atoms with Crippen LogP contribution in [-0.2, 0) is 17.7 Å². The summed E-state index contributed by atoms with van der Waals surface area (Å²) in [6.45, 7) is 7.30. The van der Waals surface area contributed by atoms with Crippen molar-refractivity contribution in [2.75, 3.05) is 20.8 Å². The van der Waals surface area contributed by atoms with E-state index in [-0.39, 0.29) is 5.91 Å². The second-order valence-electron chi connectivity index (χ2n) is 8.53. The van der Waals surface area contributed by atoms with E-state index >= 15 is 0 Å². The topological polar surface area (TPSA) is 69.6 Å². The molecule has 1 aromatic heterocycles. The fourth-order valence-corrected chi connectivity index (χ4v) is 4.18. The van der Waals surface area contributed by atoms with E-state index in [1.165, 1.54) is 7.11 Å². The number of aromatic nitrogens is 1. The maximum atomic E-state index is 12.9. The molecule has 0 bridgehead atoms. The molecule has 3 aromatic rings. The van der Waals surface area contributed by atoms with Crippen LogP contribution in [0, 0.1) is 17.8 Å². The van der Waals surface area contributed by atoms with Crippen LogP contribution in [0.1, 0.15) is 65.5 Å². The van der Waals surface area contributed by atoms with E-state index in [4.69, 9.17) is 9.47 Å². The molecule has 0 saturated carbocycles.